The lowest BCUT2D eigenvalue weighted by Gasteiger charge is -2.19. The highest BCUT2D eigenvalue weighted by atomic mass is 16.5. The van der Waals surface area contributed by atoms with Crippen LogP contribution in [0.15, 0.2) is 17.4 Å². The van der Waals surface area contributed by atoms with E-state index >= 15 is 0 Å². The van der Waals surface area contributed by atoms with Gasteiger partial charge in [0.2, 0.25) is 5.91 Å². The molecule has 1 unspecified atom stereocenters. The number of carbonyl (C=O) groups excluding carboxylic acids is 2. The summed E-state index contributed by atoms with van der Waals surface area (Å²) in [5.74, 6) is 0.692. The van der Waals surface area contributed by atoms with Crippen molar-refractivity contribution in [2.45, 2.75) is 25.8 Å². The topological polar surface area (TPSA) is 88.8 Å². The van der Waals surface area contributed by atoms with Crippen molar-refractivity contribution in [1.29, 1.82) is 0 Å². The predicted molar refractivity (Wildman–Crippen MR) is 79.2 cm³/mol. The van der Waals surface area contributed by atoms with Gasteiger partial charge in [-0.3, -0.25) is 9.59 Å². The highest BCUT2D eigenvalue weighted by Gasteiger charge is 2.23. The van der Waals surface area contributed by atoms with Crippen LogP contribution in [0.25, 0.3) is 0 Å². The number of nitrogens with one attached hydrogen (secondary N) is 1. The second-order valence-corrected chi connectivity index (χ2v) is 5.55. The number of hydrogen-bond acceptors (Lipinski definition) is 5. The summed E-state index contributed by atoms with van der Waals surface area (Å²) in [6.07, 6.45) is 3.33. The van der Waals surface area contributed by atoms with Crippen LogP contribution in [-0.4, -0.2) is 52.6 Å². The zero-order valence-electron chi connectivity index (χ0n) is 12.5. The Hall–Kier alpha value is -2.22. The van der Waals surface area contributed by atoms with Crippen molar-refractivity contribution in [3.8, 4) is 0 Å². The van der Waals surface area contributed by atoms with Crippen LogP contribution in [-0.2, 0) is 20.9 Å². The molecule has 2 aliphatic rings. The van der Waals surface area contributed by atoms with Crippen molar-refractivity contribution in [3.05, 3.63) is 12.3 Å². The van der Waals surface area contributed by atoms with Crippen LogP contribution in [0.4, 0.5) is 5.82 Å². The van der Waals surface area contributed by atoms with E-state index in [1.54, 1.807) is 24.0 Å². The highest BCUT2D eigenvalue weighted by Crippen LogP contribution is 2.17. The molecular formula is C14H19N5O3. The zero-order valence-corrected chi connectivity index (χ0v) is 12.5. The number of hydrazone groups is 1. The Morgan fingerprint density at radius 2 is 2.36 bits per heavy atom. The van der Waals surface area contributed by atoms with Crippen molar-refractivity contribution in [3.63, 3.8) is 0 Å². The monoisotopic (exact) mass is 305 g/mol. The lowest BCUT2D eigenvalue weighted by atomic mass is 10.1. The molecule has 1 aromatic heterocycles. The number of amides is 2. The highest BCUT2D eigenvalue weighted by molar-refractivity contribution is 6.43. The van der Waals surface area contributed by atoms with Gasteiger partial charge in [0.05, 0.1) is 12.8 Å². The molecular weight excluding hydrogens is 286 g/mol. The molecule has 3 rings (SSSR count). The minimum Gasteiger partial charge on any atom is -0.381 e. The quantitative estimate of drug-likeness (QED) is 0.875. The number of ether oxygens (including phenoxy) is 1. The zero-order chi connectivity index (χ0) is 15.5. The molecule has 3 heterocycles. The number of carbonyl (C=O) groups is 2. The van der Waals surface area contributed by atoms with Crippen LogP contribution in [0.5, 0.6) is 0 Å². The number of rotatable bonds is 4. The van der Waals surface area contributed by atoms with Gasteiger partial charge in [-0.1, -0.05) is 0 Å². The molecule has 8 nitrogen and oxygen atoms in total. The first-order valence-corrected chi connectivity index (χ1v) is 7.38. The fourth-order valence-electron chi connectivity index (χ4n) is 2.58. The third-order valence-electron chi connectivity index (χ3n) is 3.88. The second-order valence-electron chi connectivity index (χ2n) is 5.55. The van der Waals surface area contributed by atoms with Gasteiger partial charge < -0.3 is 10.1 Å². The third-order valence-corrected chi connectivity index (χ3v) is 3.88. The van der Waals surface area contributed by atoms with E-state index in [9.17, 15) is 9.59 Å². The van der Waals surface area contributed by atoms with Crippen LogP contribution >= 0.6 is 0 Å². The van der Waals surface area contributed by atoms with Crippen molar-refractivity contribution in [2.75, 3.05) is 25.6 Å². The fourth-order valence-corrected chi connectivity index (χ4v) is 2.58. The van der Waals surface area contributed by atoms with E-state index in [-0.39, 0.29) is 11.8 Å². The molecule has 2 amide bonds. The number of aromatic nitrogens is 2. The summed E-state index contributed by atoms with van der Waals surface area (Å²) < 4.78 is 7.13. The molecule has 0 aromatic carbocycles. The van der Waals surface area contributed by atoms with E-state index in [1.165, 1.54) is 5.01 Å². The summed E-state index contributed by atoms with van der Waals surface area (Å²) in [6.45, 7) is 2.23. The van der Waals surface area contributed by atoms with E-state index in [2.05, 4.69) is 15.5 Å². The molecule has 1 saturated heterocycles. The van der Waals surface area contributed by atoms with E-state index < -0.39 is 0 Å². The van der Waals surface area contributed by atoms with E-state index in [1.807, 2.05) is 0 Å². The van der Waals surface area contributed by atoms with Crippen molar-refractivity contribution < 1.29 is 14.3 Å². The largest absolute Gasteiger partial charge is 0.381 e. The van der Waals surface area contributed by atoms with Crippen LogP contribution in [0.1, 0.15) is 19.3 Å². The van der Waals surface area contributed by atoms with Gasteiger partial charge in [0.25, 0.3) is 5.91 Å². The Labute approximate surface area is 128 Å². The van der Waals surface area contributed by atoms with Gasteiger partial charge in [0, 0.05) is 45.0 Å². The van der Waals surface area contributed by atoms with Gasteiger partial charge in [0.1, 0.15) is 11.5 Å². The van der Waals surface area contributed by atoms with Gasteiger partial charge >= 0.3 is 0 Å². The Morgan fingerprint density at radius 1 is 1.50 bits per heavy atom. The van der Waals surface area contributed by atoms with Crippen molar-refractivity contribution >= 4 is 23.3 Å². The summed E-state index contributed by atoms with van der Waals surface area (Å²) in [6, 6.07) is 1.76. The lowest BCUT2D eigenvalue weighted by Crippen LogP contribution is -2.34. The Morgan fingerprint density at radius 3 is 3.09 bits per heavy atom. The maximum absolute atomic E-state index is 12.3. The maximum atomic E-state index is 12.3. The Kier molecular flexibility index (Phi) is 4.19. The standard InChI is InChI=1S/C14H19N5O3/c1-18-13(20)3-2-11(17-18)14(21)16-12-4-6-15-19(12)8-10-5-7-22-9-10/h4,6,10H,2-3,5,7-9H2,1H3,(H,16,21). The molecule has 1 fully saturated rings. The first-order valence-electron chi connectivity index (χ1n) is 7.38. The summed E-state index contributed by atoms with van der Waals surface area (Å²) >= 11 is 0. The SMILES string of the molecule is CN1N=C(C(=O)Nc2ccnn2CC2CCOC2)CCC1=O. The van der Waals surface area contributed by atoms with Gasteiger partial charge in [-0.2, -0.15) is 10.2 Å². The third kappa shape index (κ3) is 3.16. The van der Waals surface area contributed by atoms with Crippen LogP contribution in [0.3, 0.4) is 0 Å². The molecule has 1 N–H and O–H groups in total. The van der Waals surface area contributed by atoms with E-state index in [0.29, 0.717) is 36.8 Å². The molecule has 2 aliphatic heterocycles. The summed E-state index contributed by atoms with van der Waals surface area (Å²) in [5.41, 5.74) is 0.360. The summed E-state index contributed by atoms with van der Waals surface area (Å²) in [7, 11) is 1.55. The fraction of sp³-hybridized carbons (Fsp3) is 0.571. The van der Waals surface area contributed by atoms with Gasteiger partial charge in [-0.15, -0.1) is 0 Å². The smallest absolute Gasteiger partial charge is 0.273 e. The van der Waals surface area contributed by atoms with Crippen LogP contribution in [0.2, 0.25) is 0 Å². The van der Waals surface area contributed by atoms with Crippen LogP contribution in [0, 0.1) is 5.92 Å². The van der Waals surface area contributed by atoms with E-state index in [0.717, 1.165) is 19.6 Å². The van der Waals surface area contributed by atoms with Gasteiger partial charge in [-0.05, 0) is 6.42 Å². The van der Waals surface area contributed by atoms with Gasteiger partial charge in [0.15, 0.2) is 0 Å². The Balaban J connectivity index is 1.65. The molecule has 118 valence electrons. The maximum Gasteiger partial charge on any atom is 0.273 e. The first-order chi connectivity index (χ1) is 10.6. The summed E-state index contributed by atoms with van der Waals surface area (Å²) in [4.78, 5) is 23.6. The summed E-state index contributed by atoms with van der Waals surface area (Å²) in [5, 5.41) is 12.3. The normalized spacial score (nSPS) is 21.9. The average molecular weight is 305 g/mol. The minimum atomic E-state index is -0.288. The van der Waals surface area contributed by atoms with Gasteiger partial charge in [-0.25, -0.2) is 9.69 Å². The number of hydrogen-bond donors (Lipinski definition) is 1. The van der Waals surface area contributed by atoms with E-state index in [4.69, 9.17) is 4.74 Å². The Bertz CT molecular complexity index is 603. The lowest BCUT2D eigenvalue weighted by molar-refractivity contribution is -0.130. The molecule has 22 heavy (non-hydrogen) atoms. The predicted octanol–water partition coefficient (Wildman–Crippen LogP) is 0.466. The molecule has 0 saturated carbocycles. The minimum absolute atomic E-state index is 0.0807. The average Bonchev–Trinajstić information content (AvgIpc) is 3.15. The number of anilines is 1. The molecule has 0 aliphatic carbocycles. The second kappa shape index (κ2) is 6.27. The van der Waals surface area contributed by atoms with Crippen molar-refractivity contribution in [2.24, 2.45) is 11.0 Å². The number of nitrogens with zero attached hydrogens (tertiary/aromatic N) is 4. The molecule has 1 atom stereocenters. The molecule has 8 heteroatoms. The van der Waals surface area contributed by atoms with Crippen LogP contribution < -0.4 is 5.32 Å². The molecule has 0 spiro atoms. The molecule has 0 bridgehead atoms. The van der Waals surface area contributed by atoms with Crippen molar-refractivity contribution in [1.82, 2.24) is 14.8 Å². The first kappa shape index (κ1) is 14.7. The molecule has 1 aromatic rings. The molecule has 0 radical (unpaired) electrons.